The van der Waals surface area contributed by atoms with Crippen molar-refractivity contribution in [1.82, 2.24) is 0 Å². The Morgan fingerprint density at radius 3 is 2.36 bits per heavy atom. The zero-order valence-corrected chi connectivity index (χ0v) is 12.5. The lowest BCUT2D eigenvalue weighted by atomic mass is 10.2. The minimum Gasteiger partial charge on any atom is -0.495 e. The van der Waals surface area contributed by atoms with Gasteiger partial charge in [-0.15, -0.1) is 0 Å². The molecule has 0 amide bonds. The molecule has 22 heavy (non-hydrogen) atoms. The molecule has 0 radical (unpaired) electrons. The first-order chi connectivity index (χ1) is 10.3. The van der Waals surface area contributed by atoms with Crippen LogP contribution in [0.15, 0.2) is 35.2 Å². The Balaban J connectivity index is 2.49. The average Bonchev–Trinajstić information content (AvgIpc) is 2.48. The minimum atomic E-state index is -4.23. The summed E-state index contributed by atoms with van der Waals surface area (Å²) in [5, 5.41) is 0. The van der Waals surface area contributed by atoms with Crippen molar-refractivity contribution in [3.05, 3.63) is 53.3 Å². The third kappa shape index (κ3) is 3.01. The molecule has 0 saturated heterocycles. The molecule has 8 heteroatoms. The van der Waals surface area contributed by atoms with Crippen LogP contribution in [0.2, 0.25) is 0 Å². The molecule has 0 fully saturated rings. The van der Waals surface area contributed by atoms with Crippen molar-refractivity contribution in [2.75, 3.05) is 11.8 Å². The van der Waals surface area contributed by atoms with E-state index in [1.807, 2.05) is 4.72 Å². The molecule has 0 spiro atoms. The number of hydrogen-bond donors (Lipinski definition) is 1. The van der Waals surface area contributed by atoms with Crippen molar-refractivity contribution in [1.29, 1.82) is 0 Å². The quantitative estimate of drug-likeness (QED) is 0.875. The molecule has 0 heterocycles. The van der Waals surface area contributed by atoms with Gasteiger partial charge in [-0.3, -0.25) is 4.72 Å². The lowest BCUT2D eigenvalue weighted by Crippen LogP contribution is -2.16. The summed E-state index contributed by atoms with van der Waals surface area (Å²) in [7, 11) is -2.96. The van der Waals surface area contributed by atoms with E-state index in [2.05, 4.69) is 0 Å². The number of rotatable bonds is 4. The highest BCUT2D eigenvalue weighted by molar-refractivity contribution is 7.92. The highest BCUT2D eigenvalue weighted by Crippen LogP contribution is 2.28. The molecule has 0 aliphatic carbocycles. The van der Waals surface area contributed by atoms with E-state index in [1.165, 1.54) is 19.2 Å². The number of aryl methyl sites for hydroxylation is 1. The van der Waals surface area contributed by atoms with Gasteiger partial charge in [0.25, 0.3) is 10.0 Å². The average molecular weight is 331 g/mol. The van der Waals surface area contributed by atoms with Gasteiger partial charge in [0.15, 0.2) is 17.5 Å². The Kier molecular flexibility index (Phi) is 4.32. The molecule has 0 atom stereocenters. The summed E-state index contributed by atoms with van der Waals surface area (Å²) in [6.45, 7) is 1.66. The van der Waals surface area contributed by atoms with Gasteiger partial charge in [-0.1, -0.05) is 6.07 Å². The normalized spacial score (nSPS) is 11.3. The van der Waals surface area contributed by atoms with Gasteiger partial charge in [0.1, 0.15) is 10.6 Å². The van der Waals surface area contributed by atoms with Gasteiger partial charge in [-0.05, 0) is 36.8 Å². The van der Waals surface area contributed by atoms with E-state index >= 15 is 0 Å². The molecule has 1 N–H and O–H groups in total. The SMILES string of the molecule is COc1ccc(C)cc1S(=O)(=O)Nc1ccc(F)c(F)c1F. The van der Waals surface area contributed by atoms with Crippen LogP contribution in [0.4, 0.5) is 18.9 Å². The first kappa shape index (κ1) is 16.2. The van der Waals surface area contributed by atoms with Gasteiger partial charge >= 0.3 is 0 Å². The van der Waals surface area contributed by atoms with Crippen LogP contribution in [-0.2, 0) is 10.0 Å². The zero-order valence-electron chi connectivity index (χ0n) is 11.7. The highest BCUT2D eigenvalue weighted by atomic mass is 32.2. The lowest BCUT2D eigenvalue weighted by Gasteiger charge is -2.13. The van der Waals surface area contributed by atoms with Crippen molar-refractivity contribution in [2.24, 2.45) is 0 Å². The number of nitrogens with one attached hydrogen (secondary N) is 1. The van der Waals surface area contributed by atoms with Crippen LogP contribution < -0.4 is 9.46 Å². The Hall–Kier alpha value is -2.22. The third-order valence-electron chi connectivity index (χ3n) is 2.89. The van der Waals surface area contributed by atoms with E-state index in [4.69, 9.17) is 4.74 Å². The fourth-order valence-electron chi connectivity index (χ4n) is 1.80. The summed E-state index contributed by atoms with van der Waals surface area (Å²) in [5.74, 6) is -4.73. The Bertz CT molecular complexity index is 822. The van der Waals surface area contributed by atoms with Crippen LogP contribution in [0.3, 0.4) is 0 Å². The smallest absolute Gasteiger partial charge is 0.265 e. The largest absolute Gasteiger partial charge is 0.495 e. The molecular formula is C14H12F3NO3S. The molecule has 118 valence electrons. The Morgan fingerprint density at radius 1 is 1.05 bits per heavy atom. The topological polar surface area (TPSA) is 55.4 Å². The highest BCUT2D eigenvalue weighted by Gasteiger charge is 2.23. The minimum absolute atomic E-state index is 0.0427. The Morgan fingerprint density at radius 2 is 1.73 bits per heavy atom. The summed E-state index contributed by atoms with van der Waals surface area (Å²) in [6, 6.07) is 5.82. The number of methoxy groups -OCH3 is 1. The maximum Gasteiger partial charge on any atom is 0.265 e. The predicted octanol–water partition coefficient (Wildman–Crippen LogP) is 3.22. The van der Waals surface area contributed by atoms with Crippen LogP contribution in [0.1, 0.15) is 5.56 Å². The van der Waals surface area contributed by atoms with Crippen LogP contribution in [0.5, 0.6) is 5.75 Å². The summed E-state index contributed by atoms with van der Waals surface area (Å²) in [6.07, 6.45) is 0. The second kappa shape index (κ2) is 5.88. The van der Waals surface area contributed by atoms with Crippen LogP contribution in [-0.4, -0.2) is 15.5 Å². The van der Waals surface area contributed by atoms with Crippen molar-refractivity contribution in [2.45, 2.75) is 11.8 Å². The number of ether oxygens (including phenoxy) is 1. The van der Waals surface area contributed by atoms with Crippen LogP contribution in [0, 0.1) is 24.4 Å². The number of sulfonamides is 1. The number of benzene rings is 2. The van der Waals surface area contributed by atoms with Gasteiger partial charge in [-0.25, -0.2) is 21.6 Å². The van der Waals surface area contributed by atoms with Crippen molar-refractivity contribution in [3.63, 3.8) is 0 Å². The van der Waals surface area contributed by atoms with Gasteiger partial charge < -0.3 is 4.74 Å². The van der Waals surface area contributed by atoms with Gasteiger partial charge in [0.2, 0.25) is 0 Å². The van der Waals surface area contributed by atoms with Crippen LogP contribution >= 0.6 is 0 Å². The molecule has 0 saturated carbocycles. The predicted molar refractivity (Wildman–Crippen MR) is 74.9 cm³/mol. The molecule has 0 unspecified atom stereocenters. The van der Waals surface area contributed by atoms with E-state index < -0.39 is 33.2 Å². The molecule has 2 aromatic rings. The Labute approximate surface area is 125 Å². The fraction of sp³-hybridized carbons (Fsp3) is 0.143. The third-order valence-corrected chi connectivity index (χ3v) is 4.27. The zero-order chi connectivity index (χ0) is 16.5. The first-order valence-corrected chi connectivity index (χ1v) is 7.55. The summed E-state index contributed by atoms with van der Waals surface area (Å²) in [4.78, 5) is -0.237. The van der Waals surface area contributed by atoms with E-state index in [1.54, 1.807) is 13.0 Å². The number of halogens is 3. The van der Waals surface area contributed by atoms with Crippen molar-refractivity contribution < 1.29 is 26.3 Å². The summed E-state index contributed by atoms with van der Waals surface area (Å²) >= 11 is 0. The number of anilines is 1. The first-order valence-electron chi connectivity index (χ1n) is 6.07. The molecule has 0 aromatic heterocycles. The van der Waals surface area contributed by atoms with E-state index in [0.717, 1.165) is 6.07 Å². The van der Waals surface area contributed by atoms with Crippen molar-refractivity contribution in [3.8, 4) is 5.75 Å². The fourth-order valence-corrected chi connectivity index (χ4v) is 3.11. The molecule has 0 aliphatic rings. The van der Waals surface area contributed by atoms with Crippen molar-refractivity contribution >= 4 is 15.7 Å². The second-order valence-electron chi connectivity index (χ2n) is 4.48. The monoisotopic (exact) mass is 331 g/mol. The van der Waals surface area contributed by atoms with E-state index in [-0.39, 0.29) is 10.6 Å². The van der Waals surface area contributed by atoms with Gasteiger partial charge in [-0.2, -0.15) is 0 Å². The molecule has 0 aliphatic heterocycles. The maximum absolute atomic E-state index is 13.6. The van der Waals surface area contributed by atoms with Crippen LogP contribution in [0.25, 0.3) is 0 Å². The number of hydrogen-bond acceptors (Lipinski definition) is 3. The molecule has 2 rings (SSSR count). The maximum atomic E-state index is 13.6. The molecule has 4 nitrogen and oxygen atoms in total. The molecule has 0 bridgehead atoms. The van der Waals surface area contributed by atoms with E-state index in [0.29, 0.717) is 11.6 Å². The van der Waals surface area contributed by atoms with Gasteiger partial charge in [0, 0.05) is 0 Å². The lowest BCUT2D eigenvalue weighted by molar-refractivity contribution is 0.402. The summed E-state index contributed by atoms with van der Waals surface area (Å²) < 4.78 is 71.1. The second-order valence-corrected chi connectivity index (χ2v) is 6.13. The summed E-state index contributed by atoms with van der Waals surface area (Å²) in [5.41, 5.74) is -0.0607. The standard InChI is InChI=1S/C14H12F3NO3S/c1-8-3-6-11(21-2)12(7-8)22(19,20)18-10-5-4-9(15)13(16)14(10)17/h3-7,18H,1-2H3. The molecule has 2 aromatic carbocycles. The molecular weight excluding hydrogens is 319 g/mol. The van der Waals surface area contributed by atoms with Gasteiger partial charge in [0.05, 0.1) is 12.8 Å². The van der Waals surface area contributed by atoms with E-state index in [9.17, 15) is 21.6 Å².